The first kappa shape index (κ1) is 15.3. The SMILES string of the molecule is COC(=O)c1sc2nc(C(F)(F)F)cc(-c3ccco3)c2c1N. The quantitative estimate of drug-likeness (QED) is 0.714. The van der Waals surface area contributed by atoms with Crippen LogP contribution in [0.4, 0.5) is 18.9 Å². The predicted octanol–water partition coefficient (Wildman–Crippen LogP) is 3.94. The molecule has 0 radical (unpaired) electrons. The third kappa shape index (κ3) is 2.52. The van der Waals surface area contributed by atoms with Crippen molar-refractivity contribution in [1.29, 1.82) is 0 Å². The number of ether oxygens (including phenoxy) is 1. The van der Waals surface area contributed by atoms with Crippen molar-refractivity contribution in [2.75, 3.05) is 12.8 Å². The molecule has 0 aromatic carbocycles. The van der Waals surface area contributed by atoms with Crippen molar-refractivity contribution in [3.8, 4) is 11.3 Å². The number of hydrogen-bond donors (Lipinski definition) is 1. The zero-order chi connectivity index (χ0) is 16.8. The summed E-state index contributed by atoms with van der Waals surface area (Å²) in [7, 11) is 1.16. The number of nitrogen functional groups attached to an aromatic ring is 1. The second kappa shape index (κ2) is 5.27. The smallest absolute Gasteiger partial charge is 0.433 e. The standard InChI is InChI=1S/C14H9F3N2O3S/c1-21-13(20)11-10(18)9-6(7-3-2-4-22-7)5-8(14(15,16)17)19-12(9)23-11/h2-5H,18H2,1H3. The summed E-state index contributed by atoms with van der Waals surface area (Å²) in [6.07, 6.45) is -3.31. The van der Waals surface area contributed by atoms with Crippen LogP contribution >= 0.6 is 11.3 Å². The first-order valence-corrected chi connectivity index (χ1v) is 7.07. The number of hydrogen-bond acceptors (Lipinski definition) is 6. The van der Waals surface area contributed by atoms with Crippen molar-refractivity contribution in [2.45, 2.75) is 6.18 Å². The van der Waals surface area contributed by atoms with E-state index in [1.54, 1.807) is 6.07 Å². The minimum absolute atomic E-state index is 0.00197. The molecular formula is C14H9F3N2O3S. The van der Waals surface area contributed by atoms with Crippen LogP contribution in [0.5, 0.6) is 0 Å². The van der Waals surface area contributed by atoms with Crippen molar-refractivity contribution >= 4 is 33.2 Å². The Balaban J connectivity index is 2.38. The number of pyridine rings is 1. The number of furan rings is 1. The van der Waals surface area contributed by atoms with Gasteiger partial charge in [-0.3, -0.25) is 0 Å². The number of thiophene rings is 1. The molecule has 0 saturated carbocycles. The van der Waals surface area contributed by atoms with E-state index < -0.39 is 17.8 Å². The molecule has 2 N–H and O–H groups in total. The van der Waals surface area contributed by atoms with E-state index >= 15 is 0 Å². The fourth-order valence-corrected chi connectivity index (χ4v) is 3.17. The molecule has 9 heteroatoms. The van der Waals surface area contributed by atoms with Crippen LogP contribution in [0, 0.1) is 0 Å². The molecule has 0 saturated heterocycles. The molecule has 0 aliphatic rings. The number of methoxy groups -OCH3 is 1. The normalized spacial score (nSPS) is 11.8. The molecule has 23 heavy (non-hydrogen) atoms. The van der Waals surface area contributed by atoms with Gasteiger partial charge in [0.25, 0.3) is 0 Å². The highest BCUT2D eigenvalue weighted by Gasteiger charge is 2.35. The number of alkyl halides is 3. The van der Waals surface area contributed by atoms with Gasteiger partial charge in [0.15, 0.2) is 0 Å². The first-order valence-electron chi connectivity index (χ1n) is 6.25. The average molecular weight is 342 g/mol. The van der Waals surface area contributed by atoms with Crippen LogP contribution in [0.3, 0.4) is 0 Å². The lowest BCUT2D eigenvalue weighted by molar-refractivity contribution is -0.140. The van der Waals surface area contributed by atoms with Crippen LogP contribution in [-0.2, 0) is 10.9 Å². The minimum atomic E-state index is -4.64. The summed E-state index contributed by atoms with van der Waals surface area (Å²) in [5.74, 6) is -0.534. The van der Waals surface area contributed by atoms with E-state index in [1.165, 1.54) is 12.3 Å². The zero-order valence-electron chi connectivity index (χ0n) is 11.6. The number of rotatable bonds is 2. The van der Waals surface area contributed by atoms with Crippen LogP contribution in [0.25, 0.3) is 21.5 Å². The van der Waals surface area contributed by atoms with Gasteiger partial charge in [0.1, 0.15) is 21.2 Å². The molecule has 0 spiro atoms. The van der Waals surface area contributed by atoms with Gasteiger partial charge in [0, 0.05) is 10.9 Å². The van der Waals surface area contributed by atoms with Crippen LogP contribution in [0.1, 0.15) is 15.4 Å². The Morgan fingerprint density at radius 3 is 2.74 bits per heavy atom. The maximum absolute atomic E-state index is 13.1. The number of anilines is 1. The first-order chi connectivity index (χ1) is 10.8. The van der Waals surface area contributed by atoms with E-state index in [0.717, 1.165) is 24.5 Å². The molecule has 0 atom stereocenters. The number of aromatic nitrogens is 1. The number of halogens is 3. The van der Waals surface area contributed by atoms with Gasteiger partial charge in [-0.25, -0.2) is 9.78 Å². The molecule has 3 heterocycles. The molecule has 0 aliphatic carbocycles. The summed E-state index contributed by atoms with van der Waals surface area (Å²) in [5.41, 5.74) is 4.98. The molecular weight excluding hydrogens is 333 g/mol. The Morgan fingerprint density at radius 2 is 2.17 bits per heavy atom. The van der Waals surface area contributed by atoms with Gasteiger partial charge >= 0.3 is 12.1 Å². The Hall–Kier alpha value is -2.55. The Kier molecular flexibility index (Phi) is 3.52. The summed E-state index contributed by atoms with van der Waals surface area (Å²) < 4.78 is 49.0. The molecule has 0 amide bonds. The van der Waals surface area contributed by atoms with E-state index in [-0.39, 0.29) is 32.1 Å². The molecule has 0 aliphatic heterocycles. The maximum atomic E-state index is 13.1. The average Bonchev–Trinajstić information content (AvgIpc) is 3.13. The minimum Gasteiger partial charge on any atom is -0.465 e. The molecule has 0 fully saturated rings. The van der Waals surface area contributed by atoms with Crippen molar-refractivity contribution in [3.63, 3.8) is 0 Å². The third-order valence-corrected chi connectivity index (χ3v) is 4.23. The predicted molar refractivity (Wildman–Crippen MR) is 78.1 cm³/mol. The van der Waals surface area contributed by atoms with Gasteiger partial charge < -0.3 is 14.9 Å². The fraction of sp³-hybridized carbons (Fsp3) is 0.143. The lowest BCUT2D eigenvalue weighted by Gasteiger charge is -2.08. The Bertz CT molecular complexity index is 885. The van der Waals surface area contributed by atoms with E-state index in [0.29, 0.717) is 0 Å². The second-order valence-corrected chi connectivity index (χ2v) is 5.55. The van der Waals surface area contributed by atoms with Crippen LogP contribution < -0.4 is 5.73 Å². The highest BCUT2D eigenvalue weighted by molar-refractivity contribution is 7.21. The van der Waals surface area contributed by atoms with Crippen molar-refractivity contribution in [2.24, 2.45) is 0 Å². The van der Waals surface area contributed by atoms with Gasteiger partial charge in [-0.1, -0.05) is 0 Å². The number of carbonyl (C=O) groups is 1. The van der Waals surface area contributed by atoms with Crippen LogP contribution in [0.15, 0.2) is 28.9 Å². The van der Waals surface area contributed by atoms with Crippen molar-refractivity contribution in [3.05, 3.63) is 35.0 Å². The molecule has 0 bridgehead atoms. The lowest BCUT2D eigenvalue weighted by Crippen LogP contribution is -2.08. The molecule has 3 aromatic rings. The fourth-order valence-electron chi connectivity index (χ4n) is 2.14. The van der Waals surface area contributed by atoms with Gasteiger partial charge in [0.2, 0.25) is 0 Å². The van der Waals surface area contributed by atoms with Crippen molar-refractivity contribution < 1.29 is 27.1 Å². The number of fused-ring (bicyclic) bond motifs is 1. The number of nitrogens with two attached hydrogens (primary N) is 1. The molecule has 5 nitrogen and oxygen atoms in total. The number of nitrogens with zero attached hydrogens (tertiary/aromatic N) is 1. The molecule has 3 rings (SSSR count). The zero-order valence-corrected chi connectivity index (χ0v) is 12.4. The maximum Gasteiger partial charge on any atom is 0.433 e. The lowest BCUT2D eigenvalue weighted by atomic mass is 10.1. The highest BCUT2D eigenvalue weighted by atomic mass is 32.1. The van der Waals surface area contributed by atoms with E-state index in [2.05, 4.69) is 9.72 Å². The van der Waals surface area contributed by atoms with Crippen LogP contribution in [0.2, 0.25) is 0 Å². The monoisotopic (exact) mass is 342 g/mol. The second-order valence-electron chi connectivity index (χ2n) is 4.55. The Labute approximate surface area is 131 Å². The molecule has 0 unspecified atom stereocenters. The third-order valence-electron chi connectivity index (χ3n) is 3.15. The molecule has 3 aromatic heterocycles. The van der Waals surface area contributed by atoms with Gasteiger partial charge in [-0.2, -0.15) is 13.2 Å². The van der Waals surface area contributed by atoms with E-state index in [9.17, 15) is 18.0 Å². The molecule has 120 valence electrons. The number of esters is 1. The van der Waals surface area contributed by atoms with Gasteiger partial charge in [-0.15, -0.1) is 11.3 Å². The van der Waals surface area contributed by atoms with Crippen LogP contribution in [-0.4, -0.2) is 18.1 Å². The van der Waals surface area contributed by atoms with E-state index in [1.807, 2.05) is 0 Å². The summed E-state index contributed by atoms with van der Waals surface area (Å²) in [5, 5.41) is 0.235. The Morgan fingerprint density at radius 1 is 1.43 bits per heavy atom. The summed E-state index contributed by atoms with van der Waals surface area (Å²) in [4.78, 5) is 15.3. The largest absolute Gasteiger partial charge is 0.465 e. The highest BCUT2D eigenvalue weighted by Crippen LogP contribution is 2.42. The van der Waals surface area contributed by atoms with Gasteiger partial charge in [0.05, 0.1) is 19.1 Å². The van der Waals surface area contributed by atoms with Crippen molar-refractivity contribution in [1.82, 2.24) is 4.98 Å². The van der Waals surface area contributed by atoms with Gasteiger partial charge in [-0.05, 0) is 18.2 Å². The number of carbonyl (C=O) groups excluding carboxylic acids is 1. The summed E-state index contributed by atoms with van der Waals surface area (Å²) >= 11 is 0.746. The van der Waals surface area contributed by atoms with E-state index in [4.69, 9.17) is 10.2 Å². The summed E-state index contributed by atoms with van der Waals surface area (Å²) in [6, 6.07) is 3.90. The summed E-state index contributed by atoms with van der Waals surface area (Å²) in [6.45, 7) is 0. The topological polar surface area (TPSA) is 78.3 Å².